The average molecular weight is 248 g/mol. The van der Waals surface area contributed by atoms with E-state index < -0.39 is 0 Å². The predicted molar refractivity (Wildman–Crippen MR) is 71.8 cm³/mol. The monoisotopic (exact) mass is 248 g/mol. The molecule has 18 heavy (non-hydrogen) atoms. The smallest absolute Gasteiger partial charge is 0.226 e. The Labute approximate surface area is 108 Å². The predicted octanol–water partition coefficient (Wildman–Crippen LogP) is 1.62. The molecule has 2 N–H and O–H groups in total. The Hall–Kier alpha value is -1.39. The lowest BCUT2D eigenvalue weighted by molar-refractivity contribution is -0.117. The van der Waals surface area contributed by atoms with Crippen LogP contribution in [0.4, 0.5) is 5.69 Å². The third-order valence-electron chi connectivity index (χ3n) is 3.09. The molecule has 1 aliphatic heterocycles. The molecular formula is C14H20N2O2. The van der Waals surface area contributed by atoms with E-state index in [0.29, 0.717) is 13.0 Å². The van der Waals surface area contributed by atoms with Gasteiger partial charge in [0.1, 0.15) is 0 Å². The second kappa shape index (κ2) is 5.98. The quantitative estimate of drug-likeness (QED) is 0.854. The number of nitrogens with one attached hydrogen (secondary N) is 2. The van der Waals surface area contributed by atoms with Gasteiger partial charge in [-0.1, -0.05) is 17.7 Å². The molecule has 1 fully saturated rings. The summed E-state index contributed by atoms with van der Waals surface area (Å²) in [5.41, 5.74) is 3.19. The first-order valence-corrected chi connectivity index (χ1v) is 6.33. The zero-order valence-corrected chi connectivity index (χ0v) is 11.0. The molecule has 4 nitrogen and oxygen atoms in total. The van der Waals surface area contributed by atoms with Crippen LogP contribution in [0, 0.1) is 13.8 Å². The van der Waals surface area contributed by atoms with Crippen LogP contribution in [0.1, 0.15) is 17.5 Å². The first kappa shape index (κ1) is 13.1. The number of ether oxygens (including phenoxy) is 1. The number of anilines is 1. The maximum Gasteiger partial charge on any atom is 0.226 e. The van der Waals surface area contributed by atoms with Gasteiger partial charge in [-0.3, -0.25) is 4.79 Å². The molecule has 1 unspecified atom stereocenters. The Morgan fingerprint density at radius 2 is 2.33 bits per heavy atom. The summed E-state index contributed by atoms with van der Waals surface area (Å²) < 4.78 is 5.33. The molecule has 1 aromatic rings. The molecule has 0 bridgehead atoms. The Morgan fingerprint density at radius 1 is 1.50 bits per heavy atom. The van der Waals surface area contributed by atoms with Crippen molar-refractivity contribution in [1.82, 2.24) is 5.32 Å². The second-order valence-electron chi connectivity index (χ2n) is 4.80. The van der Waals surface area contributed by atoms with E-state index in [9.17, 15) is 4.79 Å². The third kappa shape index (κ3) is 3.55. The Morgan fingerprint density at radius 3 is 3.00 bits per heavy atom. The zero-order valence-electron chi connectivity index (χ0n) is 11.0. The molecule has 0 radical (unpaired) electrons. The van der Waals surface area contributed by atoms with Gasteiger partial charge in [-0.2, -0.15) is 0 Å². The minimum absolute atomic E-state index is 0.0324. The summed E-state index contributed by atoms with van der Waals surface area (Å²) >= 11 is 0. The Kier molecular flexibility index (Phi) is 4.33. The molecule has 0 spiro atoms. The summed E-state index contributed by atoms with van der Waals surface area (Å²) in [7, 11) is 0. The van der Waals surface area contributed by atoms with Crippen molar-refractivity contribution < 1.29 is 9.53 Å². The average Bonchev–Trinajstić information content (AvgIpc) is 2.34. The number of carbonyl (C=O) groups excluding carboxylic acids is 1. The van der Waals surface area contributed by atoms with Crippen LogP contribution < -0.4 is 10.6 Å². The second-order valence-corrected chi connectivity index (χ2v) is 4.80. The molecule has 0 aromatic heterocycles. The molecule has 1 atom stereocenters. The minimum Gasteiger partial charge on any atom is -0.378 e. The molecule has 98 valence electrons. The highest BCUT2D eigenvalue weighted by molar-refractivity contribution is 5.91. The number of amides is 1. The van der Waals surface area contributed by atoms with E-state index in [4.69, 9.17) is 4.74 Å². The van der Waals surface area contributed by atoms with Crippen molar-refractivity contribution in [2.24, 2.45) is 0 Å². The molecule has 1 heterocycles. The number of benzene rings is 1. The first-order valence-electron chi connectivity index (χ1n) is 6.33. The van der Waals surface area contributed by atoms with Gasteiger partial charge in [-0.15, -0.1) is 0 Å². The van der Waals surface area contributed by atoms with Gasteiger partial charge in [-0.25, -0.2) is 0 Å². The molecule has 1 aromatic carbocycles. The van der Waals surface area contributed by atoms with E-state index in [0.717, 1.165) is 24.4 Å². The van der Waals surface area contributed by atoms with Crippen LogP contribution in [0.3, 0.4) is 0 Å². The van der Waals surface area contributed by atoms with Crippen molar-refractivity contribution in [1.29, 1.82) is 0 Å². The van der Waals surface area contributed by atoms with E-state index in [1.165, 1.54) is 5.56 Å². The lowest BCUT2D eigenvalue weighted by Crippen LogP contribution is -2.43. The molecule has 0 saturated carbocycles. The van der Waals surface area contributed by atoms with Crippen LogP contribution in [0.15, 0.2) is 18.2 Å². The van der Waals surface area contributed by atoms with Gasteiger partial charge in [0, 0.05) is 24.7 Å². The molecule has 1 amide bonds. The van der Waals surface area contributed by atoms with Crippen molar-refractivity contribution in [3.63, 3.8) is 0 Å². The van der Waals surface area contributed by atoms with E-state index >= 15 is 0 Å². The van der Waals surface area contributed by atoms with Crippen molar-refractivity contribution in [2.45, 2.75) is 26.3 Å². The summed E-state index contributed by atoms with van der Waals surface area (Å²) in [5.74, 6) is 0.0324. The summed E-state index contributed by atoms with van der Waals surface area (Å²) in [4.78, 5) is 11.9. The van der Waals surface area contributed by atoms with E-state index in [1.807, 2.05) is 26.0 Å². The van der Waals surface area contributed by atoms with Crippen LogP contribution >= 0.6 is 0 Å². The van der Waals surface area contributed by atoms with Gasteiger partial charge in [-0.05, 0) is 25.5 Å². The maximum absolute atomic E-state index is 11.9. The molecular weight excluding hydrogens is 228 g/mol. The third-order valence-corrected chi connectivity index (χ3v) is 3.09. The van der Waals surface area contributed by atoms with Gasteiger partial charge < -0.3 is 15.4 Å². The van der Waals surface area contributed by atoms with Crippen LogP contribution in [0.5, 0.6) is 0 Å². The number of rotatable bonds is 3. The lowest BCUT2D eigenvalue weighted by atomic mass is 10.1. The van der Waals surface area contributed by atoms with Gasteiger partial charge >= 0.3 is 0 Å². The number of hydrogen-bond donors (Lipinski definition) is 2. The SMILES string of the molecule is Cc1ccc(NC(=O)CC2COCCN2)c(C)c1. The first-order chi connectivity index (χ1) is 8.65. The fourth-order valence-electron chi connectivity index (χ4n) is 2.13. The summed E-state index contributed by atoms with van der Waals surface area (Å²) in [5, 5.41) is 6.22. The highest BCUT2D eigenvalue weighted by Crippen LogP contribution is 2.16. The van der Waals surface area contributed by atoms with Crippen molar-refractivity contribution >= 4 is 11.6 Å². The largest absolute Gasteiger partial charge is 0.378 e. The van der Waals surface area contributed by atoms with Gasteiger partial charge in [0.05, 0.1) is 13.2 Å². The topological polar surface area (TPSA) is 50.4 Å². The number of carbonyl (C=O) groups is 1. The zero-order chi connectivity index (χ0) is 13.0. The molecule has 4 heteroatoms. The fraction of sp³-hybridized carbons (Fsp3) is 0.500. The van der Waals surface area contributed by atoms with Crippen molar-refractivity contribution in [3.8, 4) is 0 Å². The summed E-state index contributed by atoms with van der Waals surface area (Å²) in [6.07, 6.45) is 0.452. The fourth-order valence-corrected chi connectivity index (χ4v) is 2.13. The Balaban J connectivity index is 1.90. The van der Waals surface area contributed by atoms with Crippen LogP contribution in [0.2, 0.25) is 0 Å². The van der Waals surface area contributed by atoms with Crippen LogP contribution in [0.25, 0.3) is 0 Å². The van der Waals surface area contributed by atoms with Gasteiger partial charge in [0.25, 0.3) is 0 Å². The van der Waals surface area contributed by atoms with E-state index in [-0.39, 0.29) is 11.9 Å². The normalized spacial score (nSPS) is 19.6. The molecule has 2 rings (SSSR count). The van der Waals surface area contributed by atoms with Crippen molar-refractivity contribution in [3.05, 3.63) is 29.3 Å². The molecule has 1 aliphatic rings. The number of hydrogen-bond acceptors (Lipinski definition) is 3. The van der Waals surface area contributed by atoms with Crippen LogP contribution in [-0.4, -0.2) is 31.7 Å². The Bertz CT molecular complexity index is 426. The summed E-state index contributed by atoms with van der Waals surface area (Å²) in [6, 6.07) is 6.15. The van der Waals surface area contributed by atoms with Crippen LogP contribution in [-0.2, 0) is 9.53 Å². The van der Waals surface area contributed by atoms with E-state index in [2.05, 4.69) is 16.7 Å². The summed E-state index contributed by atoms with van der Waals surface area (Å²) in [6.45, 7) is 6.21. The highest BCUT2D eigenvalue weighted by Gasteiger charge is 2.17. The van der Waals surface area contributed by atoms with Gasteiger partial charge in [0.2, 0.25) is 5.91 Å². The minimum atomic E-state index is 0.0324. The maximum atomic E-state index is 11.9. The van der Waals surface area contributed by atoms with Gasteiger partial charge in [0.15, 0.2) is 0 Å². The lowest BCUT2D eigenvalue weighted by Gasteiger charge is -2.23. The van der Waals surface area contributed by atoms with Crippen molar-refractivity contribution in [2.75, 3.05) is 25.1 Å². The molecule has 0 aliphatic carbocycles. The standard InChI is InChI=1S/C14H20N2O2/c1-10-3-4-13(11(2)7-10)16-14(17)8-12-9-18-6-5-15-12/h3-4,7,12,15H,5-6,8-9H2,1-2H3,(H,16,17). The number of morpholine rings is 1. The highest BCUT2D eigenvalue weighted by atomic mass is 16.5. The van der Waals surface area contributed by atoms with E-state index in [1.54, 1.807) is 0 Å². The molecule has 1 saturated heterocycles. The number of aryl methyl sites for hydroxylation is 2.